The molecule has 0 saturated carbocycles. The summed E-state index contributed by atoms with van der Waals surface area (Å²) in [7, 11) is 0. The molecule has 0 aromatic carbocycles. The van der Waals surface area contributed by atoms with Gasteiger partial charge >= 0.3 is 0 Å². The van der Waals surface area contributed by atoms with Crippen molar-refractivity contribution in [3.05, 3.63) is 24.2 Å². The molecule has 0 aliphatic carbocycles. The van der Waals surface area contributed by atoms with Gasteiger partial charge in [0.2, 0.25) is 5.91 Å². The van der Waals surface area contributed by atoms with Gasteiger partial charge in [0.1, 0.15) is 5.76 Å². The van der Waals surface area contributed by atoms with Crippen LogP contribution < -0.4 is 5.32 Å². The molecule has 2 rings (SSSR count). The summed E-state index contributed by atoms with van der Waals surface area (Å²) in [4.78, 5) is 13.8. The zero-order valence-electron chi connectivity index (χ0n) is 9.85. The first-order chi connectivity index (χ1) is 8.34. The second kappa shape index (κ2) is 6.42. The van der Waals surface area contributed by atoms with Crippen LogP contribution in [0.4, 0.5) is 0 Å². The molecule has 94 valence electrons. The maximum Gasteiger partial charge on any atom is 0.221 e. The summed E-state index contributed by atoms with van der Waals surface area (Å²) in [5, 5.41) is 2.83. The average molecular weight is 238 g/mol. The summed E-state index contributed by atoms with van der Waals surface area (Å²) in [6.45, 7) is 4.65. The van der Waals surface area contributed by atoms with Crippen LogP contribution in [0.3, 0.4) is 0 Å². The van der Waals surface area contributed by atoms with Gasteiger partial charge in [0.15, 0.2) is 0 Å². The molecular weight excluding hydrogens is 220 g/mol. The summed E-state index contributed by atoms with van der Waals surface area (Å²) in [6, 6.07) is 3.66. The van der Waals surface area contributed by atoms with Gasteiger partial charge in [0.25, 0.3) is 0 Å². The molecular formula is C12H18N2O3. The van der Waals surface area contributed by atoms with Gasteiger partial charge in [0.05, 0.1) is 26.0 Å². The van der Waals surface area contributed by atoms with Gasteiger partial charge in [-0.05, 0) is 12.1 Å². The number of morpholine rings is 1. The van der Waals surface area contributed by atoms with Crippen LogP contribution in [-0.2, 0) is 16.1 Å². The van der Waals surface area contributed by atoms with Gasteiger partial charge in [0, 0.05) is 26.1 Å². The van der Waals surface area contributed by atoms with Crippen molar-refractivity contribution in [1.29, 1.82) is 0 Å². The third-order valence-corrected chi connectivity index (χ3v) is 2.80. The number of carbonyl (C=O) groups excluding carboxylic acids is 1. The van der Waals surface area contributed by atoms with Gasteiger partial charge in [-0.3, -0.25) is 9.69 Å². The zero-order valence-corrected chi connectivity index (χ0v) is 9.85. The van der Waals surface area contributed by atoms with Crippen LogP contribution in [-0.4, -0.2) is 43.7 Å². The van der Waals surface area contributed by atoms with E-state index in [2.05, 4.69) is 10.2 Å². The molecule has 1 saturated heterocycles. The Labute approximate surface area is 101 Å². The van der Waals surface area contributed by atoms with Crippen LogP contribution in [0.1, 0.15) is 12.2 Å². The predicted octanol–water partition coefficient (Wildman–Crippen LogP) is 0.618. The summed E-state index contributed by atoms with van der Waals surface area (Å²) < 4.78 is 10.4. The van der Waals surface area contributed by atoms with Crippen molar-refractivity contribution in [3.8, 4) is 0 Å². The number of furan rings is 1. The first-order valence-electron chi connectivity index (χ1n) is 5.94. The molecule has 5 nitrogen and oxygen atoms in total. The predicted molar refractivity (Wildman–Crippen MR) is 62.4 cm³/mol. The number of hydrogen-bond donors (Lipinski definition) is 1. The van der Waals surface area contributed by atoms with Gasteiger partial charge in [-0.15, -0.1) is 0 Å². The number of hydrogen-bond acceptors (Lipinski definition) is 4. The molecule has 1 amide bonds. The van der Waals surface area contributed by atoms with Crippen LogP contribution in [0, 0.1) is 0 Å². The fourth-order valence-corrected chi connectivity index (χ4v) is 1.77. The molecule has 1 aromatic heterocycles. The summed E-state index contributed by atoms with van der Waals surface area (Å²) in [5.74, 6) is 0.845. The SMILES string of the molecule is O=C(CCN1CCOCC1)NCc1ccco1. The van der Waals surface area contributed by atoms with E-state index in [0.29, 0.717) is 13.0 Å². The molecule has 1 N–H and O–H groups in total. The Balaban J connectivity index is 1.60. The van der Waals surface area contributed by atoms with Crippen LogP contribution in [0.25, 0.3) is 0 Å². The Bertz CT molecular complexity index is 332. The largest absolute Gasteiger partial charge is 0.467 e. The van der Waals surface area contributed by atoms with Crippen LogP contribution in [0.15, 0.2) is 22.8 Å². The number of ether oxygens (including phenoxy) is 1. The van der Waals surface area contributed by atoms with Crippen molar-refractivity contribution in [2.24, 2.45) is 0 Å². The second-order valence-corrected chi connectivity index (χ2v) is 4.06. The number of nitrogens with one attached hydrogen (secondary N) is 1. The van der Waals surface area contributed by atoms with E-state index < -0.39 is 0 Å². The van der Waals surface area contributed by atoms with Crippen molar-refractivity contribution < 1.29 is 13.9 Å². The molecule has 2 heterocycles. The minimum absolute atomic E-state index is 0.0629. The summed E-state index contributed by atoms with van der Waals surface area (Å²) in [5.41, 5.74) is 0. The van der Waals surface area contributed by atoms with E-state index in [4.69, 9.17) is 9.15 Å². The Morgan fingerprint density at radius 2 is 2.24 bits per heavy atom. The van der Waals surface area contributed by atoms with E-state index in [9.17, 15) is 4.79 Å². The molecule has 17 heavy (non-hydrogen) atoms. The monoisotopic (exact) mass is 238 g/mol. The lowest BCUT2D eigenvalue weighted by Gasteiger charge is -2.26. The van der Waals surface area contributed by atoms with Crippen molar-refractivity contribution in [1.82, 2.24) is 10.2 Å². The van der Waals surface area contributed by atoms with Crippen molar-refractivity contribution in [3.63, 3.8) is 0 Å². The molecule has 1 aliphatic rings. The fourth-order valence-electron chi connectivity index (χ4n) is 1.77. The first kappa shape index (κ1) is 12.1. The minimum Gasteiger partial charge on any atom is -0.467 e. The lowest BCUT2D eigenvalue weighted by Crippen LogP contribution is -2.38. The first-order valence-corrected chi connectivity index (χ1v) is 5.94. The summed E-state index contributed by atoms with van der Waals surface area (Å²) in [6.07, 6.45) is 2.13. The summed E-state index contributed by atoms with van der Waals surface area (Å²) >= 11 is 0. The molecule has 0 atom stereocenters. The van der Waals surface area contributed by atoms with Gasteiger partial charge in [-0.25, -0.2) is 0 Å². The van der Waals surface area contributed by atoms with Crippen molar-refractivity contribution in [2.75, 3.05) is 32.8 Å². The lowest BCUT2D eigenvalue weighted by atomic mass is 10.3. The number of amides is 1. The highest BCUT2D eigenvalue weighted by Crippen LogP contribution is 2.00. The van der Waals surface area contributed by atoms with Crippen LogP contribution in [0.2, 0.25) is 0 Å². The van der Waals surface area contributed by atoms with E-state index in [1.165, 1.54) is 0 Å². The maximum absolute atomic E-state index is 11.6. The minimum atomic E-state index is 0.0629. The average Bonchev–Trinajstić information content (AvgIpc) is 2.88. The standard InChI is InChI=1S/C12H18N2O3/c15-12(13-10-11-2-1-7-17-11)3-4-14-5-8-16-9-6-14/h1-2,7H,3-6,8-10H2,(H,13,15). The highest BCUT2D eigenvalue weighted by molar-refractivity contribution is 5.75. The molecule has 1 aromatic rings. The number of carbonyl (C=O) groups is 1. The fraction of sp³-hybridized carbons (Fsp3) is 0.583. The van der Waals surface area contributed by atoms with Gasteiger partial charge in [-0.2, -0.15) is 0 Å². The third kappa shape index (κ3) is 4.20. The third-order valence-electron chi connectivity index (χ3n) is 2.80. The smallest absolute Gasteiger partial charge is 0.221 e. The van der Waals surface area contributed by atoms with E-state index in [-0.39, 0.29) is 5.91 Å². The van der Waals surface area contributed by atoms with Gasteiger partial charge < -0.3 is 14.5 Å². The Morgan fingerprint density at radius 3 is 2.94 bits per heavy atom. The molecule has 1 aliphatic heterocycles. The molecule has 0 bridgehead atoms. The molecule has 0 unspecified atom stereocenters. The topological polar surface area (TPSA) is 54.7 Å². The van der Waals surface area contributed by atoms with Crippen LogP contribution in [0.5, 0.6) is 0 Å². The molecule has 1 fully saturated rings. The Morgan fingerprint density at radius 1 is 1.41 bits per heavy atom. The highest BCUT2D eigenvalue weighted by atomic mass is 16.5. The number of rotatable bonds is 5. The normalized spacial score (nSPS) is 16.9. The van der Waals surface area contributed by atoms with Crippen LogP contribution >= 0.6 is 0 Å². The quantitative estimate of drug-likeness (QED) is 0.817. The lowest BCUT2D eigenvalue weighted by molar-refractivity contribution is -0.121. The van der Waals surface area contributed by atoms with E-state index in [0.717, 1.165) is 38.6 Å². The Hall–Kier alpha value is -1.33. The molecule has 0 radical (unpaired) electrons. The van der Waals surface area contributed by atoms with Crippen molar-refractivity contribution >= 4 is 5.91 Å². The van der Waals surface area contributed by atoms with Crippen molar-refractivity contribution in [2.45, 2.75) is 13.0 Å². The van der Waals surface area contributed by atoms with Gasteiger partial charge in [-0.1, -0.05) is 0 Å². The molecule has 5 heteroatoms. The van der Waals surface area contributed by atoms with E-state index in [1.54, 1.807) is 6.26 Å². The maximum atomic E-state index is 11.6. The van der Waals surface area contributed by atoms with E-state index in [1.807, 2.05) is 12.1 Å². The zero-order chi connectivity index (χ0) is 11.9. The second-order valence-electron chi connectivity index (χ2n) is 4.06. The van der Waals surface area contributed by atoms with E-state index >= 15 is 0 Å². The Kier molecular flexibility index (Phi) is 4.58. The molecule has 0 spiro atoms. The number of nitrogens with zero attached hydrogens (tertiary/aromatic N) is 1. The highest BCUT2D eigenvalue weighted by Gasteiger charge is 2.11.